The number of hydrogen-bond donors (Lipinski definition) is 0. The van der Waals surface area contributed by atoms with Gasteiger partial charge in [0.05, 0.1) is 22.6 Å². The molecule has 0 spiro atoms. The molecule has 1 atom stereocenters. The summed E-state index contributed by atoms with van der Waals surface area (Å²) in [6, 6.07) is 24.8. The van der Waals surface area contributed by atoms with Crippen molar-refractivity contribution in [2.24, 2.45) is 0 Å². The molecule has 3 aromatic carbocycles. The first kappa shape index (κ1) is 22.5. The van der Waals surface area contributed by atoms with E-state index in [1.165, 1.54) is 0 Å². The lowest BCUT2D eigenvalue weighted by atomic mass is 10.1. The van der Waals surface area contributed by atoms with E-state index in [4.69, 9.17) is 4.98 Å². The predicted molar refractivity (Wildman–Crippen MR) is 133 cm³/mol. The smallest absolute Gasteiger partial charge is 0.266 e. The molecule has 1 aromatic heterocycles. The van der Waals surface area contributed by atoms with Crippen LogP contribution in [0.4, 0.5) is 0 Å². The normalized spacial score (nSPS) is 12.0. The van der Waals surface area contributed by atoms with Gasteiger partial charge in [-0.2, -0.15) is 0 Å². The number of fused-ring (bicyclic) bond motifs is 1. The fourth-order valence-corrected chi connectivity index (χ4v) is 4.29. The van der Waals surface area contributed by atoms with Crippen LogP contribution in [0.1, 0.15) is 43.3 Å². The maximum Gasteiger partial charge on any atom is 0.266 e. The quantitative estimate of drug-likeness (QED) is 0.396. The zero-order valence-electron chi connectivity index (χ0n) is 19.4. The highest BCUT2D eigenvalue weighted by Crippen LogP contribution is 2.24. The van der Waals surface area contributed by atoms with Crippen LogP contribution in [0.2, 0.25) is 0 Å². The Morgan fingerprint density at radius 2 is 1.73 bits per heavy atom. The highest BCUT2D eigenvalue weighted by atomic mass is 16.2. The van der Waals surface area contributed by atoms with Gasteiger partial charge in [0.2, 0.25) is 5.91 Å². The van der Waals surface area contributed by atoms with E-state index in [2.05, 4.69) is 0 Å². The molecule has 4 aromatic rings. The first-order valence-corrected chi connectivity index (χ1v) is 11.4. The molecule has 4 rings (SSSR count). The number of benzene rings is 3. The molecule has 0 saturated carbocycles. The van der Waals surface area contributed by atoms with Crippen LogP contribution in [-0.2, 0) is 11.2 Å². The number of para-hydroxylation sites is 1. The van der Waals surface area contributed by atoms with Crippen molar-refractivity contribution in [1.29, 1.82) is 0 Å². The van der Waals surface area contributed by atoms with Gasteiger partial charge in [-0.3, -0.25) is 14.2 Å². The van der Waals surface area contributed by atoms with Crippen LogP contribution in [0.3, 0.4) is 0 Å². The van der Waals surface area contributed by atoms with Crippen LogP contribution in [0, 0.1) is 6.92 Å². The summed E-state index contributed by atoms with van der Waals surface area (Å²) in [6.07, 6.45) is 1.09. The Morgan fingerprint density at radius 1 is 1.00 bits per heavy atom. The predicted octanol–water partition coefficient (Wildman–Crippen LogP) is 5.24. The lowest BCUT2D eigenvalue weighted by molar-refractivity contribution is -0.133. The summed E-state index contributed by atoms with van der Waals surface area (Å²) < 4.78 is 1.66. The van der Waals surface area contributed by atoms with Crippen molar-refractivity contribution in [3.63, 3.8) is 0 Å². The van der Waals surface area contributed by atoms with Crippen LogP contribution in [0.15, 0.2) is 83.7 Å². The van der Waals surface area contributed by atoms with Gasteiger partial charge in [0.25, 0.3) is 5.56 Å². The van der Waals surface area contributed by atoms with E-state index in [0.717, 1.165) is 16.8 Å². The molecule has 0 aliphatic heterocycles. The minimum Gasteiger partial charge on any atom is -0.333 e. The Labute approximate surface area is 194 Å². The summed E-state index contributed by atoms with van der Waals surface area (Å²) in [6.45, 7) is 6.45. The number of nitrogens with zero attached hydrogens (tertiary/aromatic N) is 3. The second-order valence-corrected chi connectivity index (χ2v) is 8.31. The van der Waals surface area contributed by atoms with E-state index in [1.807, 2.05) is 98.5 Å². The number of aromatic nitrogens is 2. The largest absolute Gasteiger partial charge is 0.333 e. The summed E-state index contributed by atoms with van der Waals surface area (Å²) in [7, 11) is 0. The van der Waals surface area contributed by atoms with E-state index in [9.17, 15) is 9.59 Å². The van der Waals surface area contributed by atoms with Gasteiger partial charge in [0, 0.05) is 13.0 Å². The van der Waals surface area contributed by atoms with Crippen molar-refractivity contribution >= 4 is 16.8 Å². The third kappa shape index (κ3) is 4.72. The monoisotopic (exact) mass is 439 g/mol. The lowest BCUT2D eigenvalue weighted by Gasteiger charge is -2.29. The summed E-state index contributed by atoms with van der Waals surface area (Å²) in [4.78, 5) is 33.5. The molecular formula is C28H29N3O2. The Hall–Kier alpha value is -3.73. The Balaban J connectivity index is 1.75. The number of aryl methyl sites for hydroxylation is 2. The molecule has 1 heterocycles. The van der Waals surface area contributed by atoms with Crippen LogP contribution in [0.25, 0.3) is 16.6 Å². The van der Waals surface area contributed by atoms with E-state index in [1.54, 1.807) is 10.6 Å². The Bertz CT molecular complexity index is 1330. The summed E-state index contributed by atoms with van der Waals surface area (Å²) in [5.41, 5.74) is 3.46. The van der Waals surface area contributed by atoms with E-state index in [0.29, 0.717) is 36.1 Å². The highest BCUT2D eigenvalue weighted by Gasteiger charge is 2.25. The maximum absolute atomic E-state index is 13.6. The zero-order chi connectivity index (χ0) is 23.4. The van der Waals surface area contributed by atoms with Crippen molar-refractivity contribution in [3.05, 3.63) is 106 Å². The van der Waals surface area contributed by atoms with Crippen molar-refractivity contribution < 1.29 is 4.79 Å². The first-order valence-electron chi connectivity index (χ1n) is 11.4. The van der Waals surface area contributed by atoms with Crippen LogP contribution in [0.5, 0.6) is 0 Å². The number of rotatable bonds is 7. The second kappa shape index (κ2) is 9.82. The van der Waals surface area contributed by atoms with E-state index >= 15 is 0 Å². The summed E-state index contributed by atoms with van der Waals surface area (Å²) >= 11 is 0. The number of carbonyl (C=O) groups is 1. The second-order valence-electron chi connectivity index (χ2n) is 8.31. The SMILES string of the molecule is CCN(C(=O)CCc1ccccc1)C(C)c1nc2ccccc2c(=O)n1-c1cccc(C)c1. The van der Waals surface area contributed by atoms with Gasteiger partial charge in [-0.05, 0) is 62.6 Å². The molecule has 0 N–H and O–H groups in total. The molecule has 0 aliphatic rings. The zero-order valence-corrected chi connectivity index (χ0v) is 19.4. The summed E-state index contributed by atoms with van der Waals surface area (Å²) in [5.74, 6) is 0.617. The highest BCUT2D eigenvalue weighted by molar-refractivity contribution is 5.79. The topological polar surface area (TPSA) is 55.2 Å². The molecule has 5 heteroatoms. The number of carbonyl (C=O) groups excluding carboxylic acids is 1. The fourth-order valence-electron chi connectivity index (χ4n) is 4.29. The molecule has 0 radical (unpaired) electrons. The molecule has 0 aliphatic carbocycles. The average Bonchev–Trinajstić information content (AvgIpc) is 2.83. The number of hydrogen-bond acceptors (Lipinski definition) is 3. The minimum atomic E-state index is -0.365. The van der Waals surface area contributed by atoms with Crippen LogP contribution < -0.4 is 5.56 Å². The van der Waals surface area contributed by atoms with Gasteiger partial charge in [0.1, 0.15) is 5.82 Å². The van der Waals surface area contributed by atoms with Crippen molar-refractivity contribution in [2.45, 2.75) is 39.7 Å². The van der Waals surface area contributed by atoms with Gasteiger partial charge in [-0.1, -0.05) is 54.6 Å². The van der Waals surface area contributed by atoms with Crippen LogP contribution in [-0.4, -0.2) is 26.9 Å². The van der Waals surface area contributed by atoms with Crippen molar-refractivity contribution in [3.8, 4) is 5.69 Å². The van der Waals surface area contributed by atoms with Gasteiger partial charge >= 0.3 is 0 Å². The van der Waals surface area contributed by atoms with Gasteiger partial charge < -0.3 is 4.90 Å². The number of amides is 1. The minimum absolute atomic E-state index is 0.0482. The van der Waals surface area contributed by atoms with Gasteiger partial charge in [0.15, 0.2) is 0 Å². The molecule has 168 valence electrons. The van der Waals surface area contributed by atoms with Crippen molar-refractivity contribution in [2.75, 3.05) is 6.54 Å². The first-order chi connectivity index (χ1) is 16.0. The van der Waals surface area contributed by atoms with Crippen molar-refractivity contribution in [1.82, 2.24) is 14.5 Å². The Kier molecular flexibility index (Phi) is 6.68. The van der Waals surface area contributed by atoms with Gasteiger partial charge in [-0.25, -0.2) is 4.98 Å². The van der Waals surface area contributed by atoms with Gasteiger partial charge in [-0.15, -0.1) is 0 Å². The fraction of sp³-hybridized carbons (Fsp3) is 0.250. The molecule has 5 nitrogen and oxygen atoms in total. The van der Waals surface area contributed by atoms with E-state index < -0.39 is 0 Å². The lowest BCUT2D eigenvalue weighted by Crippen LogP contribution is -2.37. The van der Waals surface area contributed by atoms with E-state index in [-0.39, 0.29) is 17.5 Å². The Morgan fingerprint density at radius 3 is 2.45 bits per heavy atom. The third-order valence-electron chi connectivity index (χ3n) is 6.03. The molecule has 1 amide bonds. The molecule has 0 fully saturated rings. The maximum atomic E-state index is 13.6. The molecule has 33 heavy (non-hydrogen) atoms. The summed E-state index contributed by atoms with van der Waals surface area (Å²) in [5, 5.41) is 0.563. The molecule has 1 unspecified atom stereocenters. The third-order valence-corrected chi connectivity index (χ3v) is 6.03. The molecule has 0 bridgehead atoms. The standard InChI is InChI=1S/C28H29N3O2/c1-4-30(26(32)18-17-22-12-6-5-7-13-22)21(3)27-29-25-16-9-8-15-24(25)28(33)31(27)23-14-10-11-20(2)19-23/h5-16,19,21H,4,17-18H2,1-3H3. The molecular weight excluding hydrogens is 410 g/mol. The van der Waals surface area contributed by atoms with Crippen LogP contribution >= 0.6 is 0 Å². The average molecular weight is 440 g/mol. The molecule has 0 saturated heterocycles.